The maximum absolute atomic E-state index is 11.1. The number of aromatic nitrogens is 3. The zero-order valence-electron chi connectivity index (χ0n) is 8.60. The zero-order chi connectivity index (χ0) is 11.7. The van der Waals surface area contributed by atoms with Gasteiger partial charge >= 0.3 is 0 Å². The van der Waals surface area contributed by atoms with E-state index in [1.54, 1.807) is 6.07 Å². The molecule has 2 aromatic rings. The van der Waals surface area contributed by atoms with Gasteiger partial charge in [0.25, 0.3) is 5.56 Å². The zero-order valence-corrected chi connectivity index (χ0v) is 9.41. The summed E-state index contributed by atoms with van der Waals surface area (Å²) in [5, 5.41) is 0. The Hall–Kier alpha value is -1.95. The van der Waals surface area contributed by atoms with Crippen molar-refractivity contribution in [2.24, 2.45) is 0 Å². The van der Waals surface area contributed by atoms with Gasteiger partial charge in [0.2, 0.25) is 0 Å². The second kappa shape index (κ2) is 3.90. The Labute approximate surface area is 96.6 Å². The third kappa shape index (κ3) is 1.87. The molecule has 0 amide bonds. The van der Waals surface area contributed by atoms with Crippen LogP contribution in [0.1, 0.15) is 5.69 Å². The molecule has 3 N–H and O–H groups in total. The van der Waals surface area contributed by atoms with Crippen LogP contribution in [-0.2, 0) is 0 Å². The first kappa shape index (κ1) is 10.6. The molecular weight excluding hydrogens is 224 g/mol. The van der Waals surface area contributed by atoms with E-state index in [1.807, 2.05) is 19.1 Å². The summed E-state index contributed by atoms with van der Waals surface area (Å²) < 4.78 is 1.76. The van der Waals surface area contributed by atoms with Crippen LogP contribution in [-0.4, -0.2) is 14.5 Å². The fourth-order valence-corrected chi connectivity index (χ4v) is 1.70. The highest BCUT2D eigenvalue weighted by molar-refractivity contribution is 7.71. The van der Waals surface area contributed by atoms with Crippen molar-refractivity contribution in [2.75, 3.05) is 5.73 Å². The summed E-state index contributed by atoms with van der Waals surface area (Å²) >= 11 is 5.04. The highest BCUT2D eigenvalue weighted by Crippen LogP contribution is 2.09. The van der Waals surface area contributed by atoms with E-state index in [9.17, 15) is 4.79 Å². The molecule has 0 saturated carbocycles. The highest BCUT2D eigenvalue weighted by atomic mass is 32.1. The molecule has 2 heterocycles. The van der Waals surface area contributed by atoms with Gasteiger partial charge < -0.3 is 5.73 Å². The number of nitrogens with zero attached hydrogens (tertiary/aromatic N) is 2. The van der Waals surface area contributed by atoms with Crippen LogP contribution in [0, 0.1) is 11.7 Å². The minimum atomic E-state index is -0.314. The highest BCUT2D eigenvalue weighted by Gasteiger charge is 2.04. The number of rotatable bonds is 1. The molecule has 0 aliphatic rings. The molecular formula is C10H10N4OS. The van der Waals surface area contributed by atoms with Crippen molar-refractivity contribution in [3.63, 3.8) is 0 Å². The topological polar surface area (TPSA) is 76.7 Å². The summed E-state index contributed by atoms with van der Waals surface area (Å²) in [5.41, 5.74) is 6.28. The Morgan fingerprint density at radius 1 is 1.50 bits per heavy atom. The summed E-state index contributed by atoms with van der Waals surface area (Å²) in [6.45, 7) is 1.87. The Morgan fingerprint density at radius 3 is 2.88 bits per heavy atom. The fourth-order valence-electron chi connectivity index (χ4n) is 1.40. The molecule has 0 aliphatic carbocycles. The maximum atomic E-state index is 11.1. The Kier molecular flexibility index (Phi) is 2.57. The molecule has 0 unspecified atom stereocenters. The van der Waals surface area contributed by atoms with Gasteiger partial charge in [-0.1, -0.05) is 6.07 Å². The van der Waals surface area contributed by atoms with E-state index in [1.165, 1.54) is 10.6 Å². The summed E-state index contributed by atoms with van der Waals surface area (Å²) in [6.07, 6.45) is 0. The second-order valence-electron chi connectivity index (χ2n) is 3.34. The maximum Gasteiger partial charge on any atom is 0.253 e. The second-order valence-corrected chi connectivity index (χ2v) is 3.72. The molecule has 0 saturated heterocycles. The fraction of sp³-hybridized carbons (Fsp3) is 0.100. The van der Waals surface area contributed by atoms with Gasteiger partial charge in [0.15, 0.2) is 4.77 Å². The predicted octanol–water partition coefficient (Wildman–Crippen LogP) is 1.18. The number of hydrogen-bond acceptors (Lipinski definition) is 4. The molecule has 0 atom stereocenters. The third-order valence-corrected chi connectivity index (χ3v) is 2.36. The third-order valence-electron chi connectivity index (χ3n) is 2.07. The van der Waals surface area contributed by atoms with E-state index in [2.05, 4.69) is 9.97 Å². The first-order chi connectivity index (χ1) is 7.58. The molecule has 2 aromatic heterocycles. The van der Waals surface area contributed by atoms with E-state index in [-0.39, 0.29) is 16.1 Å². The molecule has 0 fully saturated rings. The van der Waals surface area contributed by atoms with Crippen molar-refractivity contribution in [3.05, 3.63) is 45.1 Å². The van der Waals surface area contributed by atoms with Gasteiger partial charge in [-0.05, 0) is 31.3 Å². The number of pyridine rings is 1. The number of H-pyrrole nitrogens is 1. The van der Waals surface area contributed by atoms with E-state index in [0.29, 0.717) is 5.82 Å². The van der Waals surface area contributed by atoms with E-state index >= 15 is 0 Å². The molecule has 0 aliphatic heterocycles. The average Bonchev–Trinajstić information content (AvgIpc) is 2.15. The SMILES string of the molecule is Cc1cccc(-n2c(N)cc(=O)[nH]c2=S)n1. The van der Waals surface area contributed by atoms with Crippen LogP contribution >= 0.6 is 12.2 Å². The Balaban J connectivity index is 2.74. The first-order valence-electron chi connectivity index (χ1n) is 4.64. The molecule has 16 heavy (non-hydrogen) atoms. The summed E-state index contributed by atoms with van der Waals surface area (Å²) in [4.78, 5) is 17.9. The lowest BCUT2D eigenvalue weighted by Crippen LogP contribution is -2.15. The number of aromatic amines is 1. The monoisotopic (exact) mass is 234 g/mol. The van der Waals surface area contributed by atoms with E-state index in [0.717, 1.165) is 5.69 Å². The molecule has 0 spiro atoms. The van der Waals surface area contributed by atoms with Crippen molar-refractivity contribution in [3.8, 4) is 5.82 Å². The predicted molar refractivity (Wildman–Crippen MR) is 64.2 cm³/mol. The Morgan fingerprint density at radius 2 is 2.25 bits per heavy atom. The molecule has 6 heteroatoms. The number of hydrogen-bond donors (Lipinski definition) is 2. The van der Waals surface area contributed by atoms with Crippen LogP contribution in [0.15, 0.2) is 29.1 Å². The van der Waals surface area contributed by atoms with Crippen molar-refractivity contribution in [2.45, 2.75) is 6.92 Å². The van der Waals surface area contributed by atoms with Crippen LogP contribution in [0.5, 0.6) is 0 Å². The van der Waals surface area contributed by atoms with Crippen LogP contribution in [0.3, 0.4) is 0 Å². The van der Waals surface area contributed by atoms with Gasteiger partial charge in [-0.2, -0.15) is 0 Å². The number of aryl methyl sites for hydroxylation is 1. The lowest BCUT2D eigenvalue weighted by atomic mass is 10.3. The van der Waals surface area contributed by atoms with E-state index < -0.39 is 0 Å². The van der Waals surface area contributed by atoms with Gasteiger partial charge in [0.05, 0.1) is 0 Å². The molecule has 82 valence electrons. The lowest BCUT2D eigenvalue weighted by molar-refractivity contribution is 0.907. The van der Waals surface area contributed by atoms with Gasteiger partial charge in [-0.15, -0.1) is 0 Å². The number of anilines is 1. The normalized spacial score (nSPS) is 10.3. The molecule has 2 rings (SSSR count). The van der Waals surface area contributed by atoms with Gasteiger partial charge in [0, 0.05) is 11.8 Å². The van der Waals surface area contributed by atoms with Crippen molar-refractivity contribution >= 4 is 18.0 Å². The van der Waals surface area contributed by atoms with Gasteiger partial charge in [-0.25, -0.2) is 4.98 Å². The largest absolute Gasteiger partial charge is 0.385 e. The molecule has 0 aromatic carbocycles. The van der Waals surface area contributed by atoms with E-state index in [4.69, 9.17) is 18.0 Å². The minimum absolute atomic E-state index is 0.239. The van der Waals surface area contributed by atoms with Crippen LogP contribution in [0.25, 0.3) is 5.82 Å². The molecule has 0 bridgehead atoms. The van der Waals surface area contributed by atoms with Crippen LogP contribution in [0.4, 0.5) is 5.82 Å². The van der Waals surface area contributed by atoms with Gasteiger partial charge in [0.1, 0.15) is 11.6 Å². The standard InChI is InChI=1S/C10H10N4OS/c1-6-3-2-4-8(12-6)14-7(11)5-9(15)13-10(14)16/h2-5H,11H2,1H3,(H,13,15,16). The average molecular weight is 234 g/mol. The molecule has 0 radical (unpaired) electrons. The molecule has 5 nitrogen and oxygen atoms in total. The quantitative estimate of drug-likeness (QED) is 0.726. The summed E-state index contributed by atoms with van der Waals surface area (Å²) in [5.74, 6) is 0.866. The summed E-state index contributed by atoms with van der Waals surface area (Å²) in [6, 6.07) is 6.77. The van der Waals surface area contributed by atoms with Crippen molar-refractivity contribution in [1.82, 2.24) is 14.5 Å². The lowest BCUT2D eigenvalue weighted by Gasteiger charge is -2.09. The number of nitrogens with one attached hydrogen (secondary N) is 1. The van der Waals surface area contributed by atoms with Crippen molar-refractivity contribution < 1.29 is 0 Å². The minimum Gasteiger partial charge on any atom is -0.385 e. The van der Waals surface area contributed by atoms with Crippen molar-refractivity contribution in [1.29, 1.82) is 0 Å². The number of nitrogen functional groups attached to an aromatic ring is 1. The van der Waals surface area contributed by atoms with Crippen LogP contribution < -0.4 is 11.3 Å². The summed E-state index contributed by atoms with van der Waals surface area (Å²) in [7, 11) is 0. The smallest absolute Gasteiger partial charge is 0.253 e. The Bertz CT molecular complexity index is 644. The number of nitrogens with two attached hydrogens (primary N) is 1. The van der Waals surface area contributed by atoms with Gasteiger partial charge in [-0.3, -0.25) is 14.3 Å². The first-order valence-corrected chi connectivity index (χ1v) is 5.04. The van der Waals surface area contributed by atoms with Crippen LogP contribution in [0.2, 0.25) is 0 Å².